The highest BCUT2D eigenvalue weighted by Crippen LogP contribution is 2.20. The summed E-state index contributed by atoms with van der Waals surface area (Å²) in [5, 5.41) is 7.24. The van der Waals surface area contributed by atoms with Crippen molar-refractivity contribution in [2.45, 2.75) is 32.9 Å². The summed E-state index contributed by atoms with van der Waals surface area (Å²) in [5.74, 6) is 0.385. The van der Waals surface area contributed by atoms with Crippen molar-refractivity contribution in [2.24, 2.45) is 0 Å². The van der Waals surface area contributed by atoms with E-state index in [0.717, 1.165) is 11.2 Å². The highest BCUT2D eigenvalue weighted by atomic mass is 16.3. The quantitative estimate of drug-likeness (QED) is 0.584. The Labute approximate surface area is 154 Å². The van der Waals surface area contributed by atoms with Crippen LogP contribution in [-0.4, -0.2) is 25.1 Å². The van der Waals surface area contributed by atoms with Gasteiger partial charge in [-0.15, -0.1) is 0 Å². The van der Waals surface area contributed by atoms with Gasteiger partial charge in [-0.1, -0.05) is 13.0 Å². The smallest absolute Gasteiger partial charge is 0.291 e. The molecule has 4 aromatic rings. The summed E-state index contributed by atoms with van der Waals surface area (Å²) in [6.07, 6.45) is 3.86. The second kappa shape index (κ2) is 6.71. The van der Waals surface area contributed by atoms with E-state index < -0.39 is 0 Å². The van der Waals surface area contributed by atoms with Crippen LogP contribution in [0.25, 0.3) is 16.6 Å². The summed E-state index contributed by atoms with van der Waals surface area (Å²) in [7, 11) is 0. The maximum Gasteiger partial charge on any atom is 0.291 e. The van der Waals surface area contributed by atoms with Crippen molar-refractivity contribution >= 4 is 22.5 Å². The maximum atomic E-state index is 12.8. The van der Waals surface area contributed by atoms with Crippen LogP contribution in [0.2, 0.25) is 0 Å². The lowest BCUT2D eigenvalue weighted by atomic mass is 10.2. The van der Waals surface area contributed by atoms with E-state index in [4.69, 9.17) is 4.42 Å². The maximum absolute atomic E-state index is 12.8. The zero-order chi connectivity index (χ0) is 19.0. The Morgan fingerprint density at radius 3 is 2.89 bits per heavy atom. The van der Waals surface area contributed by atoms with E-state index in [1.54, 1.807) is 29.0 Å². The molecule has 0 aliphatic rings. The van der Waals surface area contributed by atoms with Gasteiger partial charge in [-0.25, -0.2) is 4.68 Å². The van der Waals surface area contributed by atoms with Gasteiger partial charge in [0.2, 0.25) is 5.91 Å². The number of carbonyl (C=O) groups excluding carboxylic acids is 1. The van der Waals surface area contributed by atoms with Crippen molar-refractivity contribution in [1.29, 1.82) is 0 Å². The first-order valence-corrected chi connectivity index (χ1v) is 8.77. The van der Waals surface area contributed by atoms with Gasteiger partial charge in [0.15, 0.2) is 5.58 Å². The Bertz CT molecular complexity index is 1170. The predicted octanol–water partition coefficient (Wildman–Crippen LogP) is 2.08. The molecule has 1 N–H and O–H groups in total. The molecule has 0 bridgehead atoms. The normalized spacial score (nSPS) is 12.5. The molecular weight excluding hydrogens is 346 g/mol. The van der Waals surface area contributed by atoms with E-state index in [1.165, 1.54) is 4.68 Å². The SMILES string of the molecule is CCc1nn(CC(=O)N[C@H](C)c2ccccn2)c(=O)c2cc3occc3n12. The number of nitrogens with zero attached hydrogens (tertiary/aromatic N) is 4. The highest BCUT2D eigenvalue weighted by Gasteiger charge is 2.17. The van der Waals surface area contributed by atoms with E-state index in [-0.39, 0.29) is 24.1 Å². The molecule has 27 heavy (non-hydrogen) atoms. The summed E-state index contributed by atoms with van der Waals surface area (Å²) >= 11 is 0. The third-order valence-electron chi connectivity index (χ3n) is 4.49. The molecule has 1 amide bonds. The third kappa shape index (κ3) is 2.99. The molecule has 4 rings (SSSR count). The van der Waals surface area contributed by atoms with Gasteiger partial charge < -0.3 is 9.73 Å². The van der Waals surface area contributed by atoms with Crippen LogP contribution in [0, 0.1) is 0 Å². The average Bonchev–Trinajstić information content (AvgIpc) is 3.26. The zero-order valence-corrected chi connectivity index (χ0v) is 15.0. The van der Waals surface area contributed by atoms with Crippen LogP contribution < -0.4 is 10.9 Å². The Hall–Kier alpha value is -3.42. The lowest BCUT2D eigenvalue weighted by Gasteiger charge is -2.14. The van der Waals surface area contributed by atoms with Crippen molar-refractivity contribution in [3.05, 3.63) is 64.7 Å². The van der Waals surface area contributed by atoms with Crippen LogP contribution >= 0.6 is 0 Å². The molecule has 8 heteroatoms. The second-order valence-corrected chi connectivity index (χ2v) is 6.31. The molecule has 8 nitrogen and oxygen atoms in total. The third-order valence-corrected chi connectivity index (χ3v) is 4.49. The summed E-state index contributed by atoms with van der Waals surface area (Å²) in [4.78, 5) is 29.5. The zero-order valence-electron chi connectivity index (χ0n) is 15.0. The first kappa shape index (κ1) is 17.0. The van der Waals surface area contributed by atoms with Crippen LogP contribution in [0.4, 0.5) is 0 Å². The molecular formula is C19H19N5O3. The van der Waals surface area contributed by atoms with Gasteiger partial charge in [-0.3, -0.25) is 19.0 Å². The molecule has 4 heterocycles. The lowest BCUT2D eigenvalue weighted by Crippen LogP contribution is -2.36. The first-order valence-electron chi connectivity index (χ1n) is 8.77. The Kier molecular flexibility index (Phi) is 4.23. The number of hydrogen-bond acceptors (Lipinski definition) is 5. The van der Waals surface area contributed by atoms with Gasteiger partial charge in [-0.2, -0.15) is 5.10 Å². The van der Waals surface area contributed by atoms with E-state index in [2.05, 4.69) is 15.4 Å². The topological polar surface area (TPSA) is 94.4 Å². The van der Waals surface area contributed by atoms with Crippen molar-refractivity contribution in [3.8, 4) is 0 Å². The van der Waals surface area contributed by atoms with E-state index in [9.17, 15) is 9.59 Å². The molecule has 0 unspecified atom stereocenters. The lowest BCUT2D eigenvalue weighted by molar-refractivity contribution is -0.122. The molecule has 0 aliphatic carbocycles. The number of pyridine rings is 1. The predicted molar refractivity (Wildman–Crippen MR) is 99.4 cm³/mol. The van der Waals surface area contributed by atoms with Crippen molar-refractivity contribution in [2.75, 3.05) is 0 Å². The molecule has 0 radical (unpaired) electrons. The number of fused-ring (bicyclic) bond motifs is 3. The number of rotatable bonds is 5. The number of hydrogen-bond donors (Lipinski definition) is 1. The van der Waals surface area contributed by atoms with Crippen LogP contribution in [0.5, 0.6) is 0 Å². The number of nitrogens with one attached hydrogen (secondary N) is 1. The number of aryl methyl sites for hydroxylation is 1. The minimum absolute atomic E-state index is 0.161. The standard InChI is InChI=1S/C19H19N5O3/c1-3-17-22-23(11-18(25)21-12(2)13-6-4-5-8-20-13)19(26)15-10-16-14(24(15)17)7-9-27-16/h4-10,12H,3,11H2,1-2H3,(H,21,25)/t12-/m1/s1. The van der Waals surface area contributed by atoms with Gasteiger partial charge in [0, 0.05) is 24.8 Å². The summed E-state index contributed by atoms with van der Waals surface area (Å²) < 4.78 is 8.38. The molecule has 0 saturated carbocycles. The number of furan rings is 1. The van der Waals surface area contributed by atoms with Gasteiger partial charge in [0.05, 0.1) is 23.5 Å². The molecule has 1 atom stereocenters. The second-order valence-electron chi connectivity index (χ2n) is 6.31. The Morgan fingerprint density at radius 1 is 1.30 bits per heavy atom. The van der Waals surface area contributed by atoms with E-state index >= 15 is 0 Å². The van der Waals surface area contributed by atoms with E-state index in [1.807, 2.05) is 32.0 Å². The van der Waals surface area contributed by atoms with Gasteiger partial charge in [-0.05, 0) is 19.1 Å². The molecule has 0 spiro atoms. The number of amides is 1. The molecule has 0 aromatic carbocycles. The Morgan fingerprint density at radius 2 is 2.15 bits per heavy atom. The van der Waals surface area contributed by atoms with Crippen LogP contribution in [0.15, 0.2) is 52.0 Å². The van der Waals surface area contributed by atoms with Crippen molar-refractivity contribution in [1.82, 2.24) is 24.5 Å². The fraction of sp³-hybridized carbons (Fsp3) is 0.263. The van der Waals surface area contributed by atoms with E-state index in [0.29, 0.717) is 23.3 Å². The van der Waals surface area contributed by atoms with Crippen LogP contribution in [-0.2, 0) is 17.8 Å². The van der Waals surface area contributed by atoms with Crippen LogP contribution in [0.1, 0.15) is 31.4 Å². The fourth-order valence-corrected chi connectivity index (χ4v) is 3.19. The van der Waals surface area contributed by atoms with Crippen LogP contribution in [0.3, 0.4) is 0 Å². The number of carbonyl (C=O) groups is 1. The molecule has 4 aromatic heterocycles. The fourth-order valence-electron chi connectivity index (χ4n) is 3.19. The average molecular weight is 365 g/mol. The highest BCUT2D eigenvalue weighted by molar-refractivity contribution is 5.82. The minimum Gasteiger partial charge on any atom is -0.463 e. The molecule has 0 saturated heterocycles. The minimum atomic E-state index is -0.334. The van der Waals surface area contributed by atoms with Crippen molar-refractivity contribution < 1.29 is 9.21 Å². The largest absolute Gasteiger partial charge is 0.463 e. The summed E-state index contributed by atoms with van der Waals surface area (Å²) in [5.41, 5.74) is 2.28. The van der Waals surface area contributed by atoms with Gasteiger partial charge >= 0.3 is 0 Å². The number of aromatic nitrogens is 4. The molecule has 0 aliphatic heterocycles. The van der Waals surface area contributed by atoms with Gasteiger partial charge in [0.1, 0.15) is 17.9 Å². The first-order chi connectivity index (χ1) is 13.1. The summed E-state index contributed by atoms with van der Waals surface area (Å²) in [6.45, 7) is 3.64. The van der Waals surface area contributed by atoms with Gasteiger partial charge in [0.25, 0.3) is 5.56 Å². The molecule has 138 valence electrons. The monoisotopic (exact) mass is 365 g/mol. The summed E-state index contributed by atoms with van der Waals surface area (Å²) in [6, 6.07) is 8.74. The Balaban J connectivity index is 1.64. The van der Waals surface area contributed by atoms with Crippen molar-refractivity contribution in [3.63, 3.8) is 0 Å². The molecule has 0 fully saturated rings.